The van der Waals surface area contributed by atoms with Crippen molar-refractivity contribution in [1.82, 2.24) is 9.80 Å². The van der Waals surface area contributed by atoms with Crippen LogP contribution in [0.4, 0.5) is 5.69 Å². The van der Waals surface area contributed by atoms with Gasteiger partial charge in [-0.2, -0.15) is 0 Å². The van der Waals surface area contributed by atoms with Gasteiger partial charge >= 0.3 is 0 Å². The summed E-state index contributed by atoms with van der Waals surface area (Å²) in [4.78, 5) is 16.9. The van der Waals surface area contributed by atoms with Crippen molar-refractivity contribution >= 4 is 11.6 Å². The second-order valence-corrected chi connectivity index (χ2v) is 5.76. The summed E-state index contributed by atoms with van der Waals surface area (Å²) in [5.41, 5.74) is 7.09. The van der Waals surface area contributed by atoms with Crippen molar-refractivity contribution < 1.29 is 9.53 Å². The molecular weight excluding hydrogens is 266 g/mol. The third-order valence-corrected chi connectivity index (χ3v) is 4.50. The molecule has 0 spiro atoms. The summed E-state index contributed by atoms with van der Waals surface area (Å²) < 4.78 is 5.42. The predicted octanol–water partition coefficient (Wildman–Crippen LogP) is 1.21. The number of nitrogens with zero attached hydrogens (tertiary/aromatic N) is 2. The number of hydrogen-bond donors (Lipinski definition) is 1. The number of nitrogens with two attached hydrogens (primary N) is 1. The van der Waals surface area contributed by atoms with E-state index in [1.165, 1.54) is 0 Å². The minimum atomic E-state index is 0.0553. The molecule has 2 aliphatic heterocycles. The number of benzene rings is 1. The van der Waals surface area contributed by atoms with Crippen LogP contribution in [0.5, 0.6) is 0 Å². The summed E-state index contributed by atoms with van der Waals surface area (Å²) in [6, 6.07) is 7.93. The Morgan fingerprint density at radius 1 is 1.10 bits per heavy atom. The summed E-state index contributed by atoms with van der Waals surface area (Å²) in [7, 11) is 0. The fourth-order valence-corrected chi connectivity index (χ4v) is 3.20. The number of piperazine rings is 1. The fraction of sp³-hybridized carbons (Fsp3) is 0.562. The zero-order valence-electron chi connectivity index (χ0n) is 12.3. The third-order valence-electron chi connectivity index (χ3n) is 4.50. The Morgan fingerprint density at radius 3 is 2.43 bits per heavy atom. The van der Waals surface area contributed by atoms with E-state index in [0.29, 0.717) is 17.3 Å². The molecule has 1 aromatic rings. The summed E-state index contributed by atoms with van der Waals surface area (Å²) >= 11 is 0. The number of amides is 1. The SMILES string of the molecule is Nc1ccccc1C(=O)N1CCN(C2CCOCC2)CC1. The van der Waals surface area contributed by atoms with Crippen molar-refractivity contribution in [2.45, 2.75) is 18.9 Å². The smallest absolute Gasteiger partial charge is 0.256 e. The van der Waals surface area contributed by atoms with Crippen LogP contribution in [-0.2, 0) is 4.74 Å². The van der Waals surface area contributed by atoms with E-state index in [0.717, 1.165) is 52.2 Å². The fourth-order valence-electron chi connectivity index (χ4n) is 3.20. The molecule has 2 heterocycles. The average Bonchev–Trinajstić information content (AvgIpc) is 2.56. The van der Waals surface area contributed by atoms with Crippen LogP contribution in [0.25, 0.3) is 0 Å². The van der Waals surface area contributed by atoms with Gasteiger partial charge in [0.05, 0.1) is 5.56 Å². The maximum atomic E-state index is 12.5. The lowest BCUT2D eigenvalue weighted by atomic mass is 10.1. The molecule has 2 aliphatic rings. The molecule has 5 nitrogen and oxygen atoms in total. The van der Waals surface area contributed by atoms with Crippen molar-refractivity contribution in [3.05, 3.63) is 29.8 Å². The Balaban J connectivity index is 1.58. The second kappa shape index (κ2) is 6.45. The number of anilines is 1. The number of hydrogen-bond acceptors (Lipinski definition) is 4. The minimum absolute atomic E-state index is 0.0553. The van der Waals surface area contributed by atoms with Crippen LogP contribution in [0.15, 0.2) is 24.3 Å². The number of nitrogen functional groups attached to an aromatic ring is 1. The van der Waals surface area contributed by atoms with Crippen LogP contribution in [0.2, 0.25) is 0 Å². The summed E-state index contributed by atoms with van der Waals surface area (Å²) in [5, 5.41) is 0. The zero-order valence-corrected chi connectivity index (χ0v) is 12.3. The van der Waals surface area contributed by atoms with Gasteiger partial charge in [0.2, 0.25) is 0 Å². The number of carbonyl (C=O) groups is 1. The predicted molar refractivity (Wildman–Crippen MR) is 82.2 cm³/mol. The van der Waals surface area contributed by atoms with Gasteiger partial charge in [-0.3, -0.25) is 9.69 Å². The highest BCUT2D eigenvalue weighted by molar-refractivity contribution is 5.99. The molecule has 0 saturated carbocycles. The molecule has 0 bridgehead atoms. The Kier molecular flexibility index (Phi) is 4.41. The maximum Gasteiger partial charge on any atom is 0.256 e. The molecule has 21 heavy (non-hydrogen) atoms. The monoisotopic (exact) mass is 289 g/mol. The lowest BCUT2D eigenvalue weighted by Gasteiger charge is -2.40. The van der Waals surface area contributed by atoms with Gasteiger partial charge in [-0.25, -0.2) is 0 Å². The molecule has 2 saturated heterocycles. The molecule has 0 unspecified atom stereocenters. The summed E-state index contributed by atoms with van der Waals surface area (Å²) in [6.07, 6.45) is 2.22. The lowest BCUT2D eigenvalue weighted by molar-refractivity contribution is 0.0137. The minimum Gasteiger partial charge on any atom is -0.398 e. The first-order valence-corrected chi connectivity index (χ1v) is 7.71. The van der Waals surface area contributed by atoms with E-state index in [-0.39, 0.29) is 5.91 Å². The molecule has 0 atom stereocenters. The van der Waals surface area contributed by atoms with Crippen LogP contribution in [0.1, 0.15) is 23.2 Å². The quantitative estimate of drug-likeness (QED) is 0.831. The highest BCUT2D eigenvalue weighted by Gasteiger charge is 2.28. The molecule has 5 heteroatoms. The molecular formula is C16H23N3O2. The molecule has 2 fully saturated rings. The van der Waals surface area contributed by atoms with Gasteiger partial charge in [-0.1, -0.05) is 12.1 Å². The van der Waals surface area contributed by atoms with Crippen molar-refractivity contribution in [2.24, 2.45) is 0 Å². The first-order valence-electron chi connectivity index (χ1n) is 7.71. The van der Waals surface area contributed by atoms with E-state index in [4.69, 9.17) is 10.5 Å². The molecule has 1 aromatic carbocycles. The van der Waals surface area contributed by atoms with Crippen LogP contribution in [0.3, 0.4) is 0 Å². The first kappa shape index (κ1) is 14.4. The van der Waals surface area contributed by atoms with Gasteiger partial charge in [-0.05, 0) is 25.0 Å². The first-order chi connectivity index (χ1) is 10.3. The lowest BCUT2D eigenvalue weighted by Crippen LogP contribution is -2.53. The summed E-state index contributed by atoms with van der Waals surface area (Å²) in [5.74, 6) is 0.0553. The molecule has 1 amide bonds. The summed E-state index contributed by atoms with van der Waals surface area (Å²) in [6.45, 7) is 5.19. The number of ether oxygens (including phenoxy) is 1. The van der Waals surface area contributed by atoms with Crippen LogP contribution >= 0.6 is 0 Å². The van der Waals surface area contributed by atoms with Crippen LogP contribution in [0, 0.1) is 0 Å². The molecule has 0 aromatic heterocycles. The number of rotatable bonds is 2. The highest BCUT2D eigenvalue weighted by atomic mass is 16.5. The Hall–Kier alpha value is -1.59. The molecule has 0 aliphatic carbocycles. The maximum absolute atomic E-state index is 12.5. The average molecular weight is 289 g/mol. The van der Waals surface area contributed by atoms with Crippen molar-refractivity contribution in [3.63, 3.8) is 0 Å². The molecule has 114 valence electrons. The topological polar surface area (TPSA) is 58.8 Å². The van der Waals surface area contributed by atoms with E-state index in [2.05, 4.69) is 4.90 Å². The van der Waals surface area contributed by atoms with Gasteiger partial charge in [0, 0.05) is 51.1 Å². The van der Waals surface area contributed by atoms with E-state index < -0.39 is 0 Å². The van der Waals surface area contributed by atoms with E-state index >= 15 is 0 Å². The highest BCUT2D eigenvalue weighted by Crippen LogP contribution is 2.19. The van der Waals surface area contributed by atoms with E-state index in [9.17, 15) is 4.79 Å². The Morgan fingerprint density at radius 2 is 1.76 bits per heavy atom. The van der Waals surface area contributed by atoms with Gasteiger partial charge < -0.3 is 15.4 Å². The van der Waals surface area contributed by atoms with Crippen molar-refractivity contribution in [3.8, 4) is 0 Å². The van der Waals surface area contributed by atoms with Gasteiger partial charge in [-0.15, -0.1) is 0 Å². The van der Waals surface area contributed by atoms with Crippen molar-refractivity contribution in [2.75, 3.05) is 45.1 Å². The van der Waals surface area contributed by atoms with Crippen molar-refractivity contribution in [1.29, 1.82) is 0 Å². The van der Waals surface area contributed by atoms with Crippen LogP contribution < -0.4 is 5.73 Å². The molecule has 3 rings (SSSR count). The van der Waals surface area contributed by atoms with Gasteiger partial charge in [0.1, 0.15) is 0 Å². The Bertz CT molecular complexity index is 492. The zero-order chi connectivity index (χ0) is 14.7. The molecule has 2 N–H and O–H groups in total. The number of carbonyl (C=O) groups excluding carboxylic acids is 1. The van der Waals surface area contributed by atoms with Gasteiger partial charge in [0.25, 0.3) is 5.91 Å². The Labute approximate surface area is 125 Å². The normalized spacial score (nSPS) is 21.4. The molecule has 0 radical (unpaired) electrons. The van der Waals surface area contributed by atoms with E-state index in [1.54, 1.807) is 6.07 Å². The standard InChI is InChI=1S/C16H23N3O2/c17-15-4-2-1-3-14(15)16(20)19-9-7-18(8-10-19)13-5-11-21-12-6-13/h1-4,13H,5-12,17H2. The largest absolute Gasteiger partial charge is 0.398 e. The number of para-hydroxylation sites is 1. The second-order valence-electron chi connectivity index (χ2n) is 5.76. The van der Waals surface area contributed by atoms with E-state index in [1.807, 2.05) is 23.1 Å². The van der Waals surface area contributed by atoms with Gasteiger partial charge in [0.15, 0.2) is 0 Å². The third kappa shape index (κ3) is 3.19. The van der Waals surface area contributed by atoms with Crippen LogP contribution in [-0.4, -0.2) is 61.1 Å².